The van der Waals surface area contributed by atoms with Crippen LogP contribution in [0.1, 0.15) is 108 Å². The van der Waals surface area contributed by atoms with Gasteiger partial charge in [0.05, 0.1) is 56.8 Å². The van der Waals surface area contributed by atoms with E-state index in [-0.39, 0.29) is 41.9 Å². The predicted molar refractivity (Wildman–Crippen MR) is 191 cm³/mol. The van der Waals surface area contributed by atoms with Gasteiger partial charge in [0.1, 0.15) is 5.60 Å². The molecular weight excluding hydrogens is 595 g/mol. The summed E-state index contributed by atoms with van der Waals surface area (Å²) in [7, 11) is 1.39. The number of ether oxygens (including phenoxy) is 4. The summed E-state index contributed by atoms with van der Waals surface area (Å²) in [4.78, 5) is 11.9. The first-order chi connectivity index (χ1) is 21.8. The van der Waals surface area contributed by atoms with Crippen molar-refractivity contribution in [3.8, 4) is 0 Å². The Bertz CT molecular complexity index is 1260. The highest BCUT2D eigenvalue weighted by molar-refractivity contribution is 5.70. The van der Waals surface area contributed by atoms with Gasteiger partial charge in [0.2, 0.25) is 0 Å². The lowest BCUT2D eigenvalue weighted by atomic mass is 9.80. The first-order valence-electron chi connectivity index (χ1n) is 16.9. The number of rotatable bonds is 19. The first-order valence-corrected chi connectivity index (χ1v) is 16.9. The molecule has 1 heterocycles. The number of carbonyl (C=O) groups excluding carboxylic acids is 1. The van der Waals surface area contributed by atoms with E-state index in [0.717, 1.165) is 52.0 Å². The highest BCUT2D eigenvalue weighted by Crippen LogP contribution is 2.37. The molecule has 7 heteroatoms. The topological polar surface area (TPSA) is 74.2 Å². The maximum absolute atomic E-state index is 14.8. The molecule has 1 aliphatic heterocycles. The number of aliphatic hydroxyl groups is 1. The normalized spacial score (nSPS) is 20.6. The summed E-state index contributed by atoms with van der Waals surface area (Å²) >= 11 is 0. The van der Waals surface area contributed by atoms with Gasteiger partial charge in [-0.2, -0.15) is 0 Å². The van der Waals surface area contributed by atoms with Crippen molar-refractivity contribution >= 4 is 5.97 Å². The van der Waals surface area contributed by atoms with Crippen LogP contribution in [0, 0.1) is 17.3 Å². The van der Waals surface area contributed by atoms with E-state index in [1.54, 1.807) is 13.8 Å². The van der Waals surface area contributed by atoms with Crippen LogP contribution in [0.2, 0.25) is 0 Å². The van der Waals surface area contributed by atoms with Crippen molar-refractivity contribution in [1.29, 1.82) is 0 Å². The molecule has 0 aliphatic carbocycles. The zero-order valence-corrected chi connectivity index (χ0v) is 31.4. The number of allylic oxidation sites excluding steroid dienone is 10. The number of methoxy groups -OCH3 is 1. The van der Waals surface area contributed by atoms with Crippen LogP contribution < -0.4 is 0 Å². The van der Waals surface area contributed by atoms with Crippen molar-refractivity contribution in [2.45, 2.75) is 120 Å². The van der Waals surface area contributed by atoms with Gasteiger partial charge in [0.15, 0.2) is 0 Å². The maximum Gasteiger partial charge on any atom is 0.306 e. The summed E-state index contributed by atoms with van der Waals surface area (Å²) in [5.74, 6) is 1.04. The van der Waals surface area contributed by atoms with E-state index in [2.05, 4.69) is 20.1 Å². The van der Waals surface area contributed by atoms with Crippen LogP contribution in [0.15, 0.2) is 82.2 Å². The lowest BCUT2D eigenvalue weighted by Crippen LogP contribution is -2.31. The average Bonchev–Trinajstić information content (AvgIpc) is 3.44. The van der Waals surface area contributed by atoms with Crippen molar-refractivity contribution in [2.75, 3.05) is 26.9 Å². The van der Waals surface area contributed by atoms with Crippen LogP contribution in [0.4, 0.5) is 4.39 Å². The Morgan fingerprint density at radius 3 is 2.30 bits per heavy atom. The third kappa shape index (κ3) is 13.6. The minimum absolute atomic E-state index is 0.0324. The largest absolute Gasteiger partial charge is 0.498 e. The Kier molecular flexibility index (Phi) is 17.2. The molecule has 0 aromatic heterocycles. The van der Waals surface area contributed by atoms with Gasteiger partial charge in [-0.3, -0.25) is 4.79 Å². The zero-order valence-electron chi connectivity index (χ0n) is 31.4. The van der Waals surface area contributed by atoms with Gasteiger partial charge in [-0.15, -0.1) is 0 Å². The highest BCUT2D eigenvalue weighted by atomic mass is 19.1. The van der Waals surface area contributed by atoms with E-state index >= 15 is 0 Å². The molecule has 1 N–H and O–H groups in total. The van der Waals surface area contributed by atoms with Gasteiger partial charge in [0.25, 0.3) is 0 Å². The van der Waals surface area contributed by atoms with Gasteiger partial charge < -0.3 is 24.1 Å². The number of hydrogen-bond acceptors (Lipinski definition) is 6. The molecule has 0 aromatic rings. The number of esters is 1. The fourth-order valence-corrected chi connectivity index (χ4v) is 5.89. The number of aliphatic hydroxyl groups excluding tert-OH is 1. The predicted octanol–water partition coefficient (Wildman–Crippen LogP) is 10.0. The summed E-state index contributed by atoms with van der Waals surface area (Å²) < 4.78 is 37.9. The standard InChI is InChI=1S/C40H63FO6/c1-15-33(31(9)38(26(3)4)28(6)20-29(7)46-25-39(11,12)32(10)42)17-18-40(13,22-35(41)16-2)47-30(8)19-27(5)36-24-45-23-34(36)21-37(43)44-14/h16,19-20,32-34,42H,3,9,15,17-18,21-25H2,1-2,4-8,10-14H3. The Morgan fingerprint density at radius 1 is 1.13 bits per heavy atom. The Morgan fingerprint density at radius 2 is 1.77 bits per heavy atom. The number of halogens is 1. The van der Waals surface area contributed by atoms with Crippen molar-refractivity contribution in [3.63, 3.8) is 0 Å². The summed E-state index contributed by atoms with van der Waals surface area (Å²) in [5, 5.41) is 10.1. The fraction of sp³-hybridized carbons (Fsp3) is 0.625. The van der Waals surface area contributed by atoms with Crippen LogP contribution >= 0.6 is 0 Å². The molecule has 1 fully saturated rings. The molecule has 266 valence electrons. The molecule has 47 heavy (non-hydrogen) atoms. The van der Waals surface area contributed by atoms with Gasteiger partial charge >= 0.3 is 5.97 Å². The molecule has 0 spiro atoms. The molecule has 4 atom stereocenters. The Labute approximate surface area is 285 Å². The zero-order chi connectivity index (χ0) is 36.1. The van der Waals surface area contributed by atoms with Crippen molar-refractivity contribution in [3.05, 3.63) is 82.2 Å². The lowest BCUT2D eigenvalue weighted by molar-refractivity contribution is -0.141. The minimum Gasteiger partial charge on any atom is -0.498 e. The Balaban J connectivity index is 3.26. The third-order valence-electron chi connectivity index (χ3n) is 9.27. The second-order valence-electron chi connectivity index (χ2n) is 14.1. The highest BCUT2D eigenvalue weighted by Gasteiger charge is 2.31. The van der Waals surface area contributed by atoms with Gasteiger partial charge in [-0.05, 0) is 121 Å². The van der Waals surface area contributed by atoms with E-state index in [1.807, 2.05) is 67.5 Å². The van der Waals surface area contributed by atoms with E-state index < -0.39 is 11.7 Å². The quantitative estimate of drug-likeness (QED) is 0.0846. The van der Waals surface area contributed by atoms with E-state index in [1.165, 1.54) is 13.2 Å². The molecule has 0 saturated carbocycles. The van der Waals surface area contributed by atoms with Crippen molar-refractivity contribution in [2.24, 2.45) is 17.3 Å². The molecule has 4 unspecified atom stereocenters. The molecule has 6 nitrogen and oxygen atoms in total. The monoisotopic (exact) mass is 658 g/mol. The summed E-state index contributed by atoms with van der Waals surface area (Å²) in [6.07, 6.45) is 7.58. The molecule has 1 rings (SSSR count). The van der Waals surface area contributed by atoms with Crippen LogP contribution in [0.5, 0.6) is 0 Å². The number of carbonyl (C=O) groups is 1. The smallest absolute Gasteiger partial charge is 0.306 e. The van der Waals surface area contributed by atoms with E-state index in [4.69, 9.17) is 18.9 Å². The Hall–Kier alpha value is -2.90. The van der Waals surface area contributed by atoms with Crippen molar-refractivity contribution in [1.82, 2.24) is 0 Å². The summed E-state index contributed by atoms with van der Waals surface area (Å²) in [5.41, 5.74) is 4.80. The molecule has 0 aromatic carbocycles. The molecular formula is C40H63FO6. The molecule has 0 radical (unpaired) electrons. The lowest BCUT2D eigenvalue weighted by Gasteiger charge is -2.33. The summed E-state index contributed by atoms with van der Waals surface area (Å²) in [6, 6.07) is 0. The van der Waals surface area contributed by atoms with E-state index in [0.29, 0.717) is 32.0 Å². The minimum atomic E-state index is -0.795. The number of hydrogen-bond donors (Lipinski definition) is 1. The molecule has 0 amide bonds. The second kappa shape index (κ2) is 19.2. The van der Waals surface area contributed by atoms with Crippen LogP contribution in [-0.2, 0) is 23.7 Å². The molecule has 1 aliphatic rings. The van der Waals surface area contributed by atoms with Crippen molar-refractivity contribution < 1.29 is 33.2 Å². The maximum atomic E-state index is 14.8. The van der Waals surface area contributed by atoms with Crippen LogP contribution in [0.3, 0.4) is 0 Å². The average molecular weight is 659 g/mol. The van der Waals surface area contributed by atoms with Crippen LogP contribution in [-0.4, -0.2) is 49.7 Å². The SMILES string of the molecule is C=C(C)C(C(=C)C(CC)CCC(C)(CC(F)=CC)OC(C)=CC(C)=C1COCC1CC(=O)OC)=C(C)C=C(C)OCC(C)(C)C(C)O. The second-order valence-corrected chi connectivity index (χ2v) is 14.1. The third-order valence-corrected chi connectivity index (χ3v) is 9.27. The van der Waals surface area contributed by atoms with E-state index in [9.17, 15) is 14.3 Å². The van der Waals surface area contributed by atoms with Crippen LogP contribution in [0.25, 0.3) is 0 Å². The summed E-state index contributed by atoms with van der Waals surface area (Å²) in [6.45, 7) is 31.5. The van der Waals surface area contributed by atoms with Gasteiger partial charge in [-0.25, -0.2) is 4.39 Å². The first kappa shape index (κ1) is 42.1. The fourth-order valence-electron chi connectivity index (χ4n) is 5.89. The molecule has 0 bridgehead atoms. The molecule has 1 saturated heterocycles. The van der Waals surface area contributed by atoms with Gasteiger partial charge in [0, 0.05) is 17.8 Å². The van der Waals surface area contributed by atoms with Gasteiger partial charge in [-0.1, -0.05) is 45.6 Å².